The number of carbonyl (C=O) groups is 2. The van der Waals surface area contributed by atoms with Gasteiger partial charge in [0.05, 0.1) is 11.1 Å². The fraction of sp³-hybridized carbons (Fsp3) is 0.364. The summed E-state index contributed by atoms with van der Waals surface area (Å²) in [4.78, 5) is 26.8. The summed E-state index contributed by atoms with van der Waals surface area (Å²) >= 11 is 5.65. The minimum Gasteiger partial charge on any atom is -0.341 e. The van der Waals surface area contributed by atoms with Crippen LogP contribution in [0.15, 0.2) is 18.3 Å². The summed E-state index contributed by atoms with van der Waals surface area (Å²) in [5.74, 6) is -0.381. The van der Waals surface area contributed by atoms with Crippen LogP contribution in [0.2, 0.25) is 5.02 Å². The highest BCUT2D eigenvalue weighted by molar-refractivity contribution is 6.30. The van der Waals surface area contributed by atoms with Crippen LogP contribution in [-0.2, 0) is 4.79 Å². The number of hydrogen-bond acceptors (Lipinski definition) is 3. The Bertz CT molecular complexity index is 389. The maximum Gasteiger partial charge on any atom is 0.270 e. The largest absolute Gasteiger partial charge is 0.341 e. The third kappa shape index (κ3) is 3.31. The van der Waals surface area contributed by atoms with Gasteiger partial charge in [0.25, 0.3) is 5.91 Å². The zero-order chi connectivity index (χ0) is 12.1. The molecule has 86 valence electrons. The highest BCUT2D eigenvalue weighted by atomic mass is 35.5. The first kappa shape index (κ1) is 12.6. The van der Waals surface area contributed by atoms with E-state index in [2.05, 4.69) is 10.3 Å². The van der Waals surface area contributed by atoms with Gasteiger partial charge in [0.15, 0.2) is 5.78 Å². The molecule has 1 aromatic rings. The van der Waals surface area contributed by atoms with Gasteiger partial charge < -0.3 is 5.32 Å². The molecule has 1 heterocycles. The predicted molar refractivity (Wildman–Crippen MR) is 61.5 cm³/mol. The number of halogens is 1. The SMILES string of the molecule is CCC(=O)C(C)NC(=O)c1ccc(Cl)cn1. The Morgan fingerprint density at radius 2 is 2.19 bits per heavy atom. The van der Waals surface area contributed by atoms with Gasteiger partial charge in [-0.15, -0.1) is 0 Å². The quantitative estimate of drug-likeness (QED) is 0.874. The summed E-state index contributed by atoms with van der Waals surface area (Å²) in [5, 5.41) is 3.04. The van der Waals surface area contributed by atoms with Crippen LogP contribution in [-0.4, -0.2) is 22.7 Å². The zero-order valence-corrected chi connectivity index (χ0v) is 9.91. The molecule has 1 unspecified atom stereocenters. The summed E-state index contributed by atoms with van der Waals surface area (Å²) in [5.41, 5.74) is 0.250. The van der Waals surface area contributed by atoms with Crippen LogP contribution in [0.3, 0.4) is 0 Å². The smallest absolute Gasteiger partial charge is 0.270 e. The van der Waals surface area contributed by atoms with Crippen molar-refractivity contribution in [3.05, 3.63) is 29.0 Å². The van der Waals surface area contributed by atoms with Crippen LogP contribution >= 0.6 is 11.6 Å². The van der Waals surface area contributed by atoms with E-state index in [1.54, 1.807) is 19.9 Å². The van der Waals surface area contributed by atoms with Gasteiger partial charge in [-0.2, -0.15) is 0 Å². The van der Waals surface area contributed by atoms with Gasteiger partial charge in [0.2, 0.25) is 0 Å². The Balaban J connectivity index is 2.65. The number of ketones is 1. The molecule has 0 aromatic carbocycles. The molecule has 1 rings (SSSR count). The molecular formula is C11H13ClN2O2. The van der Waals surface area contributed by atoms with Crippen molar-refractivity contribution in [2.45, 2.75) is 26.3 Å². The van der Waals surface area contributed by atoms with Crippen LogP contribution in [0.5, 0.6) is 0 Å². The van der Waals surface area contributed by atoms with Gasteiger partial charge >= 0.3 is 0 Å². The van der Waals surface area contributed by atoms with Gasteiger partial charge in [-0.1, -0.05) is 18.5 Å². The molecule has 1 aromatic heterocycles. The molecule has 0 fully saturated rings. The third-order valence-corrected chi connectivity index (χ3v) is 2.36. The first-order chi connectivity index (χ1) is 7.54. The second kappa shape index (κ2) is 5.61. The molecule has 0 radical (unpaired) electrons. The van der Waals surface area contributed by atoms with E-state index in [0.29, 0.717) is 11.4 Å². The molecule has 16 heavy (non-hydrogen) atoms. The molecule has 1 amide bonds. The number of hydrogen-bond donors (Lipinski definition) is 1. The Labute approximate surface area is 99.0 Å². The van der Waals surface area contributed by atoms with E-state index < -0.39 is 6.04 Å². The molecule has 0 saturated carbocycles. The van der Waals surface area contributed by atoms with Crippen molar-refractivity contribution in [2.75, 3.05) is 0 Å². The molecule has 1 N–H and O–H groups in total. The summed E-state index contributed by atoms with van der Waals surface area (Å²) in [7, 11) is 0. The van der Waals surface area contributed by atoms with Crippen molar-refractivity contribution >= 4 is 23.3 Å². The fourth-order valence-corrected chi connectivity index (χ4v) is 1.28. The van der Waals surface area contributed by atoms with Crippen molar-refractivity contribution in [1.82, 2.24) is 10.3 Å². The lowest BCUT2D eigenvalue weighted by molar-refractivity contribution is -0.120. The van der Waals surface area contributed by atoms with Gasteiger partial charge in [0.1, 0.15) is 5.69 Å². The first-order valence-corrected chi connectivity index (χ1v) is 5.37. The number of nitrogens with one attached hydrogen (secondary N) is 1. The number of Topliss-reactive ketones (excluding diaryl/α,β-unsaturated/α-hetero) is 1. The molecule has 4 nitrogen and oxygen atoms in total. The number of pyridine rings is 1. The average Bonchev–Trinajstić information content (AvgIpc) is 2.28. The predicted octanol–water partition coefficient (Wildman–Crippen LogP) is 1.83. The van der Waals surface area contributed by atoms with Crippen LogP contribution in [0, 0.1) is 0 Å². The van der Waals surface area contributed by atoms with Crippen LogP contribution in [0.4, 0.5) is 0 Å². The molecule has 0 bridgehead atoms. The number of amides is 1. The standard InChI is InChI=1S/C11H13ClN2O2/c1-3-10(15)7(2)14-11(16)9-5-4-8(12)6-13-9/h4-7H,3H2,1-2H3,(H,14,16). The lowest BCUT2D eigenvalue weighted by Crippen LogP contribution is -2.38. The molecular weight excluding hydrogens is 228 g/mol. The third-order valence-electron chi connectivity index (χ3n) is 2.14. The van der Waals surface area contributed by atoms with Gasteiger partial charge in [0, 0.05) is 12.6 Å². The molecule has 1 atom stereocenters. The Morgan fingerprint density at radius 3 is 2.69 bits per heavy atom. The van der Waals surface area contributed by atoms with Gasteiger partial charge in [-0.25, -0.2) is 4.98 Å². The number of nitrogens with zero attached hydrogens (tertiary/aromatic N) is 1. The lowest BCUT2D eigenvalue weighted by atomic mass is 10.1. The number of rotatable bonds is 4. The molecule has 0 aliphatic heterocycles. The summed E-state index contributed by atoms with van der Waals surface area (Å²) in [6.45, 7) is 3.41. The van der Waals surface area contributed by atoms with E-state index in [4.69, 9.17) is 11.6 Å². The van der Waals surface area contributed by atoms with Crippen LogP contribution in [0.25, 0.3) is 0 Å². The van der Waals surface area contributed by atoms with Crippen molar-refractivity contribution in [1.29, 1.82) is 0 Å². The van der Waals surface area contributed by atoms with Crippen molar-refractivity contribution in [2.24, 2.45) is 0 Å². The first-order valence-electron chi connectivity index (χ1n) is 4.99. The Hall–Kier alpha value is -1.42. The molecule has 0 saturated heterocycles. The summed E-state index contributed by atoms with van der Waals surface area (Å²) in [6, 6.07) is 2.60. The average molecular weight is 241 g/mol. The fourth-order valence-electron chi connectivity index (χ4n) is 1.17. The van der Waals surface area contributed by atoms with E-state index in [1.165, 1.54) is 12.3 Å². The Morgan fingerprint density at radius 1 is 1.50 bits per heavy atom. The zero-order valence-electron chi connectivity index (χ0n) is 9.16. The second-order valence-corrected chi connectivity index (χ2v) is 3.81. The summed E-state index contributed by atoms with van der Waals surface area (Å²) < 4.78 is 0. The van der Waals surface area contributed by atoms with Crippen LogP contribution < -0.4 is 5.32 Å². The minimum atomic E-state index is -0.491. The van der Waals surface area contributed by atoms with Crippen molar-refractivity contribution < 1.29 is 9.59 Å². The monoisotopic (exact) mass is 240 g/mol. The maximum absolute atomic E-state index is 11.6. The highest BCUT2D eigenvalue weighted by Gasteiger charge is 2.15. The molecule has 0 aliphatic carbocycles. The molecule has 0 aliphatic rings. The Kier molecular flexibility index (Phi) is 4.43. The maximum atomic E-state index is 11.6. The lowest BCUT2D eigenvalue weighted by Gasteiger charge is -2.11. The normalized spacial score (nSPS) is 11.9. The number of aromatic nitrogens is 1. The molecule has 5 heteroatoms. The van der Waals surface area contributed by atoms with E-state index in [1.807, 2.05) is 0 Å². The van der Waals surface area contributed by atoms with E-state index in [9.17, 15) is 9.59 Å². The summed E-state index contributed by atoms with van der Waals surface area (Å²) in [6.07, 6.45) is 1.79. The van der Waals surface area contributed by atoms with E-state index in [-0.39, 0.29) is 17.4 Å². The molecule has 0 spiro atoms. The highest BCUT2D eigenvalue weighted by Crippen LogP contribution is 2.06. The van der Waals surface area contributed by atoms with Gasteiger partial charge in [-0.05, 0) is 19.1 Å². The van der Waals surface area contributed by atoms with E-state index >= 15 is 0 Å². The minimum absolute atomic E-state index is 0.0117. The van der Waals surface area contributed by atoms with E-state index in [0.717, 1.165) is 0 Å². The van der Waals surface area contributed by atoms with Crippen molar-refractivity contribution in [3.8, 4) is 0 Å². The van der Waals surface area contributed by atoms with Crippen molar-refractivity contribution in [3.63, 3.8) is 0 Å². The van der Waals surface area contributed by atoms with Crippen LogP contribution in [0.1, 0.15) is 30.8 Å². The topological polar surface area (TPSA) is 59.1 Å². The number of carbonyl (C=O) groups excluding carboxylic acids is 2. The second-order valence-electron chi connectivity index (χ2n) is 3.38. The van der Waals surface area contributed by atoms with Gasteiger partial charge in [-0.3, -0.25) is 9.59 Å².